The first-order valence-electron chi connectivity index (χ1n) is 10.4. The zero-order chi connectivity index (χ0) is 21.8. The maximum atomic E-state index is 14.6. The van der Waals surface area contributed by atoms with Crippen LogP contribution in [0.4, 0.5) is 14.5 Å². The van der Waals surface area contributed by atoms with E-state index in [0.29, 0.717) is 0 Å². The molecule has 1 fully saturated rings. The Bertz CT molecular complexity index is 979. The van der Waals surface area contributed by atoms with Gasteiger partial charge < -0.3 is 14.7 Å². The Morgan fingerprint density at radius 1 is 1.16 bits per heavy atom. The van der Waals surface area contributed by atoms with Gasteiger partial charge in [-0.2, -0.15) is 5.10 Å². The number of hydrogen-bond acceptors (Lipinski definition) is 5. The number of rotatable bonds is 7. The van der Waals surface area contributed by atoms with E-state index < -0.39 is 23.3 Å². The van der Waals surface area contributed by atoms with Crippen molar-refractivity contribution in [3.63, 3.8) is 0 Å². The molecule has 164 valence electrons. The van der Waals surface area contributed by atoms with E-state index in [1.165, 1.54) is 29.1 Å². The molecule has 4 rings (SSSR count). The molecule has 0 amide bonds. The molecular formula is C23H26F2N4O2. The van der Waals surface area contributed by atoms with Crippen molar-refractivity contribution in [2.75, 3.05) is 18.0 Å². The highest BCUT2D eigenvalue weighted by Crippen LogP contribution is 2.33. The van der Waals surface area contributed by atoms with Crippen molar-refractivity contribution in [1.82, 2.24) is 14.8 Å². The van der Waals surface area contributed by atoms with Gasteiger partial charge in [0.05, 0.1) is 18.8 Å². The largest absolute Gasteiger partial charge is 0.380 e. The van der Waals surface area contributed by atoms with Crippen LogP contribution in [0.25, 0.3) is 0 Å². The highest BCUT2D eigenvalue weighted by atomic mass is 19.1. The number of anilines is 1. The third kappa shape index (κ3) is 4.75. The Balaban J connectivity index is 1.49. The van der Waals surface area contributed by atoms with E-state index in [-0.39, 0.29) is 18.2 Å². The topological polar surface area (TPSA) is 63.4 Å². The number of hydrogen-bond donors (Lipinski definition) is 1. The third-order valence-corrected chi connectivity index (χ3v) is 5.90. The number of piperidine rings is 1. The summed E-state index contributed by atoms with van der Waals surface area (Å²) in [6.45, 7) is 3.30. The van der Waals surface area contributed by atoms with Gasteiger partial charge in [-0.25, -0.2) is 18.4 Å². The second-order valence-electron chi connectivity index (χ2n) is 7.94. The first kappa shape index (κ1) is 21.4. The van der Waals surface area contributed by atoms with Gasteiger partial charge in [0, 0.05) is 30.4 Å². The number of halogens is 2. The Hall–Kier alpha value is -2.84. The molecule has 0 unspecified atom stereocenters. The minimum atomic E-state index is -1.75. The Morgan fingerprint density at radius 3 is 2.55 bits per heavy atom. The molecule has 1 aliphatic heterocycles. The van der Waals surface area contributed by atoms with E-state index >= 15 is 0 Å². The maximum Gasteiger partial charge on any atom is 0.138 e. The van der Waals surface area contributed by atoms with Gasteiger partial charge in [0.1, 0.15) is 29.9 Å². The summed E-state index contributed by atoms with van der Waals surface area (Å²) in [4.78, 5) is 6.19. The molecule has 8 heteroatoms. The van der Waals surface area contributed by atoms with Crippen molar-refractivity contribution < 1.29 is 18.6 Å². The van der Waals surface area contributed by atoms with Crippen molar-refractivity contribution in [1.29, 1.82) is 0 Å². The van der Waals surface area contributed by atoms with E-state index in [2.05, 4.69) is 27.1 Å². The summed E-state index contributed by atoms with van der Waals surface area (Å²) < 4.78 is 35.8. The summed E-state index contributed by atoms with van der Waals surface area (Å²) in [5, 5.41) is 15.6. The number of para-hydroxylation sites is 1. The fourth-order valence-electron chi connectivity index (χ4n) is 4.12. The molecular weight excluding hydrogens is 402 g/mol. The fraction of sp³-hybridized carbons (Fsp3) is 0.391. The zero-order valence-electron chi connectivity index (χ0n) is 17.4. The van der Waals surface area contributed by atoms with Gasteiger partial charge in [0.2, 0.25) is 0 Å². The average Bonchev–Trinajstić information content (AvgIpc) is 3.27. The predicted octanol–water partition coefficient (Wildman–Crippen LogP) is 3.52. The van der Waals surface area contributed by atoms with Crippen LogP contribution in [0, 0.1) is 11.6 Å². The summed E-state index contributed by atoms with van der Waals surface area (Å²) in [5.41, 5.74) is -0.606. The Morgan fingerprint density at radius 2 is 1.90 bits per heavy atom. The molecule has 1 saturated heterocycles. The molecule has 1 aliphatic rings. The molecule has 6 nitrogen and oxygen atoms in total. The van der Waals surface area contributed by atoms with Crippen molar-refractivity contribution in [2.45, 2.75) is 44.1 Å². The Kier molecular flexibility index (Phi) is 6.29. The van der Waals surface area contributed by atoms with Crippen molar-refractivity contribution in [2.24, 2.45) is 0 Å². The first-order valence-corrected chi connectivity index (χ1v) is 10.4. The third-order valence-electron chi connectivity index (χ3n) is 5.90. The molecule has 2 aromatic carbocycles. The first-order chi connectivity index (χ1) is 15.0. The highest BCUT2D eigenvalue weighted by Gasteiger charge is 2.41. The summed E-state index contributed by atoms with van der Waals surface area (Å²) in [7, 11) is 0. The summed E-state index contributed by atoms with van der Waals surface area (Å²) in [6.07, 6.45) is 3.50. The molecule has 1 N–H and O–H groups in total. The SMILES string of the molecule is C[C@@H](OC1CCN(c2ccccc2)CC1)[C@](O)(Cn1cncn1)c1ccc(F)cc1F. The van der Waals surface area contributed by atoms with Gasteiger partial charge >= 0.3 is 0 Å². The number of benzene rings is 2. The quantitative estimate of drug-likeness (QED) is 0.624. The second-order valence-corrected chi connectivity index (χ2v) is 7.94. The molecule has 2 atom stereocenters. The van der Waals surface area contributed by atoms with Gasteiger partial charge in [0.15, 0.2) is 0 Å². The van der Waals surface area contributed by atoms with Crippen LogP contribution in [0.1, 0.15) is 25.3 Å². The van der Waals surface area contributed by atoms with Crippen LogP contribution in [0.5, 0.6) is 0 Å². The van der Waals surface area contributed by atoms with E-state index in [4.69, 9.17) is 4.74 Å². The van der Waals surface area contributed by atoms with E-state index in [0.717, 1.165) is 38.1 Å². The normalized spacial score (nSPS) is 18.0. The zero-order valence-corrected chi connectivity index (χ0v) is 17.4. The van der Waals surface area contributed by atoms with Crippen molar-refractivity contribution >= 4 is 5.69 Å². The smallest absolute Gasteiger partial charge is 0.138 e. The van der Waals surface area contributed by atoms with E-state index in [9.17, 15) is 13.9 Å². The second kappa shape index (κ2) is 9.11. The van der Waals surface area contributed by atoms with Crippen LogP contribution >= 0.6 is 0 Å². The van der Waals surface area contributed by atoms with Crippen LogP contribution in [-0.2, 0) is 16.9 Å². The summed E-state index contributed by atoms with van der Waals surface area (Å²) in [5.74, 6) is -1.52. The fourth-order valence-corrected chi connectivity index (χ4v) is 4.12. The van der Waals surface area contributed by atoms with Crippen LogP contribution in [0.15, 0.2) is 61.2 Å². The standard InChI is InChI=1S/C23H26F2N4O2/c1-17(31-20-9-11-28(12-10-20)19-5-3-2-4-6-19)23(30,14-29-16-26-15-27-29)21-8-7-18(24)13-22(21)25/h2-8,13,15-17,20,30H,9-12,14H2,1H3/t17-,23-/m1/s1. The molecule has 0 radical (unpaired) electrons. The van der Waals surface area contributed by atoms with Crippen LogP contribution < -0.4 is 4.90 Å². The molecule has 31 heavy (non-hydrogen) atoms. The lowest BCUT2D eigenvalue weighted by molar-refractivity contribution is -0.145. The van der Waals surface area contributed by atoms with Crippen LogP contribution in [0.3, 0.4) is 0 Å². The maximum absolute atomic E-state index is 14.6. The number of aromatic nitrogens is 3. The van der Waals surface area contributed by atoms with Crippen molar-refractivity contribution in [3.8, 4) is 0 Å². The Labute approximate surface area is 180 Å². The van der Waals surface area contributed by atoms with Gasteiger partial charge in [-0.15, -0.1) is 0 Å². The molecule has 0 spiro atoms. The molecule has 1 aromatic heterocycles. The number of nitrogens with zero attached hydrogens (tertiary/aromatic N) is 4. The predicted molar refractivity (Wildman–Crippen MR) is 113 cm³/mol. The summed E-state index contributed by atoms with van der Waals surface area (Å²) >= 11 is 0. The minimum absolute atomic E-state index is 0.0291. The number of ether oxygens (including phenoxy) is 1. The number of aliphatic hydroxyl groups is 1. The highest BCUT2D eigenvalue weighted by molar-refractivity contribution is 5.46. The van der Waals surface area contributed by atoms with Crippen molar-refractivity contribution in [3.05, 3.63) is 78.4 Å². The van der Waals surface area contributed by atoms with E-state index in [1.807, 2.05) is 18.2 Å². The van der Waals surface area contributed by atoms with Gasteiger partial charge in [-0.05, 0) is 38.0 Å². The molecule has 3 aromatic rings. The molecule has 0 aliphatic carbocycles. The van der Waals surface area contributed by atoms with Gasteiger partial charge in [-0.1, -0.05) is 24.3 Å². The van der Waals surface area contributed by atoms with E-state index in [1.54, 1.807) is 6.92 Å². The summed E-state index contributed by atoms with van der Waals surface area (Å²) in [6, 6.07) is 13.4. The monoisotopic (exact) mass is 428 g/mol. The van der Waals surface area contributed by atoms with Gasteiger partial charge in [-0.3, -0.25) is 0 Å². The lowest BCUT2D eigenvalue weighted by Gasteiger charge is -2.39. The lowest BCUT2D eigenvalue weighted by Crippen LogP contribution is -2.47. The minimum Gasteiger partial charge on any atom is -0.380 e. The average molecular weight is 428 g/mol. The molecule has 0 bridgehead atoms. The molecule has 0 saturated carbocycles. The lowest BCUT2D eigenvalue weighted by atomic mass is 9.87. The van der Waals surface area contributed by atoms with Gasteiger partial charge in [0.25, 0.3) is 0 Å². The van der Waals surface area contributed by atoms with Crippen LogP contribution in [0.2, 0.25) is 0 Å². The molecule has 2 heterocycles. The van der Waals surface area contributed by atoms with Crippen LogP contribution in [-0.4, -0.2) is 45.2 Å².